The van der Waals surface area contributed by atoms with E-state index in [1.54, 1.807) is 0 Å². The summed E-state index contributed by atoms with van der Waals surface area (Å²) in [4.78, 5) is 23.7. The number of primary amides is 1. The van der Waals surface area contributed by atoms with Gasteiger partial charge >= 0.3 is 13.6 Å². The molecule has 206 valence electrons. The molecule has 2 aromatic rings. The van der Waals surface area contributed by atoms with Crippen molar-refractivity contribution in [3.63, 3.8) is 0 Å². The monoisotopic (exact) mass is 566 g/mol. The summed E-state index contributed by atoms with van der Waals surface area (Å²) in [5, 5.41) is 23.7. The van der Waals surface area contributed by atoms with Crippen LogP contribution in [0.2, 0.25) is 0 Å². The average molecular weight is 567 g/mol. The van der Waals surface area contributed by atoms with Gasteiger partial charge in [-0.1, -0.05) is 62.9 Å². The molecule has 0 saturated heterocycles. The lowest BCUT2D eigenvalue weighted by Gasteiger charge is -2.22. The van der Waals surface area contributed by atoms with E-state index in [4.69, 9.17) is 19.5 Å². The number of aromatic nitrogens is 1. The highest BCUT2D eigenvalue weighted by Crippen LogP contribution is 2.45. The van der Waals surface area contributed by atoms with E-state index >= 15 is 0 Å². The topological polar surface area (TPSA) is 161 Å². The maximum Gasteiger partial charge on any atom is 0.415 e. The molecule has 13 heteroatoms. The minimum Gasteiger partial charge on any atom is -0.502 e. The zero-order valence-electron chi connectivity index (χ0n) is 21.4. The molecule has 1 aliphatic rings. The van der Waals surface area contributed by atoms with E-state index in [-0.39, 0.29) is 35.5 Å². The third-order valence-corrected chi connectivity index (χ3v) is 8.15. The molecule has 0 saturated carbocycles. The van der Waals surface area contributed by atoms with Crippen LogP contribution in [0.15, 0.2) is 60.6 Å². The van der Waals surface area contributed by atoms with Crippen LogP contribution in [0.3, 0.4) is 0 Å². The quantitative estimate of drug-likeness (QED) is 0.171. The van der Waals surface area contributed by atoms with Crippen molar-refractivity contribution in [2.45, 2.75) is 39.5 Å². The van der Waals surface area contributed by atoms with Gasteiger partial charge in [-0.3, -0.25) is 18.6 Å². The number of aliphatic hydroxyl groups excluding tert-OH is 2. The summed E-state index contributed by atoms with van der Waals surface area (Å²) < 4.78 is 31.7. The van der Waals surface area contributed by atoms with Crippen LogP contribution in [0.1, 0.15) is 36.7 Å². The van der Waals surface area contributed by atoms with Crippen LogP contribution in [0.5, 0.6) is 0 Å². The highest BCUT2D eigenvalue weighted by Gasteiger charge is 2.43. The van der Waals surface area contributed by atoms with Crippen LogP contribution in [-0.2, 0) is 29.7 Å². The number of hydrogen-bond acceptors (Lipinski definition) is 9. The Morgan fingerprint density at radius 2 is 1.89 bits per heavy atom. The third kappa shape index (κ3) is 8.13. The number of nitrogens with zero attached hydrogens (tertiary/aromatic N) is 1. The molecule has 3 unspecified atom stereocenters. The maximum absolute atomic E-state index is 13.5. The van der Waals surface area contributed by atoms with Gasteiger partial charge in [-0.25, -0.2) is 9.65 Å². The van der Waals surface area contributed by atoms with Gasteiger partial charge in [0.25, 0.3) is 5.91 Å². The Kier molecular flexibility index (Phi) is 10.1. The number of benzene rings is 1. The van der Waals surface area contributed by atoms with Gasteiger partial charge in [0.2, 0.25) is 5.76 Å². The van der Waals surface area contributed by atoms with Crippen LogP contribution in [0, 0.1) is 5.41 Å². The van der Waals surface area contributed by atoms with Gasteiger partial charge in [0, 0.05) is 23.8 Å². The van der Waals surface area contributed by atoms with Gasteiger partial charge in [-0.15, -0.1) is 4.57 Å². The molecule has 3 atom stereocenters. The van der Waals surface area contributed by atoms with E-state index in [0.717, 1.165) is 17.3 Å². The molecule has 11 nitrogen and oxygen atoms in total. The lowest BCUT2D eigenvalue weighted by atomic mass is 10.00. The van der Waals surface area contributed by atoms with E-state index < -0.39 is 43.6 Å². The first kappa shape index (κ1) is 29.8. The Hall–Kier alpha value is -2.73. The van der Waals surface area contributed by atoms with Crippen molar-refractivity contribution >= 4 is 36.4 Å². The van der Waals surface area contributed by atoms with E-state index in [0.29, 0.717) is 0 Å². The van der Waals surface area contributed by atoms with Crippen molar-refractivity contribution in [1.29, 1.82) is 0 Å². The highest BCUT2D eigenvalue weighted by molar-refractivity contribution is 8.13. The second-order valence-electron chi connectivity index (χ2n) is 9.49. The summed E-state index contributed by atoms with van der Waals surface area (Å²) in [6.07, 6.45) is 0.231. The van der Waals surface area contributed by atoms with Gasteiger partial charge in [0.15, 0.2) is 29.7 Å². The minimum atomic E-state index is -3.93. The molecule has 0 fully saturated rings. The molecular formula is C25H33N3O8PS+. The number of rotatable bonds is 12. The Bertz CT molecular complexity index is 1220. The number of carbonyl (C=O) groups is 2. The maximum atomic E-state index is 13.5. The summed E-state index contributed by atoms with van der Waals surface area (Å²) in [5.74, 6) is -1.03. The SMILES string of the molecule is CC(C)(C)C(=O)SCCOP(=O)(NCc1ccccc1)OCC1OC([n+]2cccc(C(N)=O)c2)=C(O)C1O. The largest absolute Gasteiger partial charge is 0.502 e. The van der Waals surface area contributed by atoms with Gasteiger partial charge in [0.05, 0.1) is 13.2 Å². The normalized spacial score (nSPS) is 19.2. The molecule has 0 bridgehead atoms. The number of carbonyl (C=O) groups excluding carboxylic acids is 2. The first-order valence-corrected chi connectivity index (χ1v) is 14.4. The molecule has 0 spiro atoms. The zero-order valence-corrected chi connectivity index (χ0v) is 23.1. The smallest absolute Gasteiger partial charge is 0.415 e. The zero-order chi connectivity index (χ0) is 27.9. The van der Waals surface area contributed by atoms with E-state index in [1.807, 2.05) is 51.1 Å². The summed E-state index contributed by atoms with van der Waals surface area (Å²) in [6, 6.07) is 12.2. The van der Waals surface area contributed by atoms with Gasteiger partial charge in [0.1, 0.15) is 5.56 Å². The second-order valence-corrected chi connectivity index (χ2v) is 12.4. The summed E-state index contributed by atoms with van der Waals surface area (Å²) in [7, 11) is -3.93. The number of aliphatic hydroxyl groups is 2. The Balaban J connectivity index is 1.65. The molecule has 5 N–H and O–H groups in total. The summed E-state index contributed by atoms with van der Waals surface area (Å²) in [5.41, 5.74) is 5.79. The van der Waals surface area contributed by atoms with Crippen LogP contribution < -0.4 is 15.4 Å². The lowest BCUT2D eigenvalue weighted by molar-refractivity contribution is -0.602. The van der Waals surface area contributed by atoms with Crippen molar-refractivity contribution < 1.29 is 42.7 Å². The van der Waals surface area contributed by atoms with Crippen LogP contribution in [0.4, 0.5) is 0 Å². The Labute approximate surface area is 225 Å². The van der Waals surface area contributed by atoms with Gasteiger partial charge in [-0.05, 0) is 11.6 Å². The fraction of sp³-hybridized carbons (Fsp3) is 0.400. The van der Waals surface area contributed by atoms with Crippen molar-refractivity contribution in [3.05, 3.63) is 71.7 Å². The number of hydrogen-bond donors (Lipinski definition) is 4. The Morgan fingerprint density at radius 3 is 2.55 bits per heavy atom. The highest BCUT2D eigenvalue weighted by atomic mass is 32.2. The summed E-state index contributed by atoms with van der Waals surface area (Å²) >= 11 is 1.08. The van der Waals surface area contributed by atoms with Gasteiger partial charge in [-0.2, -0.15) is 0 Å². The van der Waals surface area contributed by atoms with Crippen LogP contribution in [0.25, 0.3) is 5.88 Å². The first-order chi connectivity index (χ1) is 17.9. The number of thioether (sulfide) groups is 1. The van der Waals surface area contributed by atoms with Crippen LogP contribution in [-0.4, -0.2) is 52.4 Å². The molecule has 0 aliphatic carbocycles. The molecule has 1 aliphatic heterocycles. The molecule has 38 heavy (non-hydrogen) atoms. The average Bonchev–Trinajstić information content (AvgIpc) is 3.17. The number of nitrogens with one attached hydrogen (secondary N) is 1. The molecule has 0 radical (unpaired) electrons. The standard InChI is InChI=1S/C25H32N3O8PS/c1-25(2,3)24(32)38-13-12-34-37(33,27-14-17-8-5-4-6-9-17)35-16-19-20(29)21(30)23(36-19)28-11-7-10-18(15-28)22(26)31/h4-11,15,19-20,29H,12-14,16H2,1-3H3,(H3-,26,27,30,31,33)/p+1. The third-order valence-electron chi connectivity index (χ3n) is 5.35. The Morgan fingerprint density at radius 1 is 1.18 bits per heavy atom. The fourth-order valence-corrected chi connectivity index (χ4v) is 5.45. The van der Waals surface area contributed by atoms with E-state index in [9.17, 15) is 24.4 Å². The number of nitrogens with two attached hydrogens (primary N) is 1. The molecule has 2 heterocycles. The predicted octanol–water partition coefficient (Wildman–Crippen LogP) is 2.75. The van der Waals surface area contributed by atoms with Crippen molar-refractivity contribution in [2.24, 2.45) is 11.1 Å². The first-order valence-electron chi connectivity index (χ1n) is 11.8. The van der Waals surface area contributed by atoms with Crippen LogP contribution >= 0.6 is 19.5 Å². The molecule has 1 aromatic heterocycles. The molecule has 1 aromatic carbocycles. The van der Waals surface area contributed by atoms with E-state index in [2.05, 4.69) is 5.09 Å². The number of amides is 1. The molecule has 1 amide bonds. The van der Waals surface area contributed by atoms with E-state index in [1.165, 1.54) is 29.1 Å². The second kappa shape index (κ2) is 12.9. The fourth-order valence-electron chi connectivity index (χ4n) is 3.23. The minimum absolute atomic E-state index is 0.0245. The number of ether oxygens (including phenoxy) is 1. The summed E-state index contributed by atoms with van der Waals surface area (Å²) in [6.45, 7) is 5.16. The number of pyridine rings is 1. The van der Waals surface area contributed by atoms with Crippen molar-refractivity contribution in [3.8, 4) is 0 Å². The van der Waals surface area contributed by atoms with Crippen molar-refractivity contribution in [2.75, 3.05) is 19.0 Å². The molecular weight excluding hydrogens is 533 g/mol. The predicted molar refractivity (Wildman–Crippen MR) is 142 cm³/mol. The lowest BCUT2D eigenvalue weighted by Crippen LogP contribution is -2.35. The van der Waals surface area contributed by atoms with Crippen molar-refractivity contribution in [1.82, 2.24) is 5.09 Å². The molecule has 3 rings (SSSR count). The van der Waals surface area contributed by atoms with Gasteiger partial charge < -0.3 is 20.7 Å².